The molecule has 6 nitrogen and oxygen atoms in total. The predicted octanol–water partition coefficient (Wildman–Crippen LogP) is 2.97. The number of nitro groups is 1. The van der Waals surface area contributed by atoms with Gasteiger partial charge in [-0.25, -0.2) is 0 Å². The summed E-state index contributed by atoms with van der Waals surface area (Å²) in [6.07, 6.45) is 5.34. The Labute approximate surface area is 124 Å². The first-order chi connectivity index (χ1) is 10.1. The predicted molar refractivity (Wildman–Crippen MR) is 81.1 cm³/mol. The number of hydrogen-bond acceptors (Lipinski definition) is 4. The number of nitrogens with two attached hydrogens (primary N) is 1. The molecule has 0 radical (unpaired) electrons. The van der Waals surface area contributed by atoms with Gasteiger partial charge in [0.15, 0.2) is 0 Å². The van der Waals surface area contributed by atoms with Crippen LogP contribution >= 0.6 is 0 Å². The highest BCUT2D eigenvalue weighted by atomic mass is 16.6. The number of rotatable bonds is 4. The quantitative estimate of drug-likeness (QED) is 0.524. The smallest absolute Gasteiger partial charge is 0.304 e. The van der Waals surface area contributed by atoms with Crippen LogP contribution in [0.15, 0.2) is 18.2 Å². The van der Waals surface area contributed by atoms with Gasteiger partial charge in [0.2, 0.25) is 0 Å². The van der Waals surface area contributed by atoms with Crippen LogP contribution in [0.2, 0.25) is 0 Å². The number of para-hydroxylation sites is 1. The summed E-state index contributed by atoms with van der Waals surface area (Å²) in [5, 5.41) is 11.2. The molecule has 0 unspecified atom stereocenters. The second-order valence-electron chi connectivity index (χ2n) is 5.38. The van der Waals surface area contributed by atoms with Crippen LogP contribution in [0.3, 0.4) is 0 Å². The Morgan fingerprint density at radius 1 is 1.38 bits per heavy atom. The molecule has 0 heterocycles. The van der Waals surface area contributed by atoms with E-state index < -0.39 is 4.92 Å². The second-order valence-corrected chi connectivity index (χ2v) is 5.38. The van der Waals surface area contributed by atoms with E-state index in [1.54, 1.807) is 11.0 Å². The molecule has 0 aliphatic heterocycles. The third-order valence-electron chi connectivity index (χ3n) is 4.10. The zero-order valence-electron chi connectivity index (χ0n) is 12.2. The van der Waals surface area contributed by atoms with Crippen molar-refractivity contribution in [1.29, 1.82) is 0 Å². The lowest BCUT2D eigenvalue weighted by atomic mass is 9.93. The average molecular weight is 291 g/mol. The van der Waals surface area contributed by atoms with Crippen LogP contribution in [0.4, 0.5) is 11.4 Å². The van der Waals surface area contributed by atoms with E-state index in [1.165, 1.54) is 18.6 Å². The topological polar surface area (TPSA) is 89.5 Å². The summed E-state index contributed by atoms with van der Waals surface area (Å²) in [7, 11) is 0. The van der Waals surface area contributed by atoms with Gasteiger partial charge in [-0.05, 0) is 31.9 Å². The number of nitro benzene ring substituents is 1. The van der Waals surface area contributed by atoms with Gasteiger partial charge < -0.3 is 10.6 Å². The van der Waals surface area contributed by atoms with Crippen molar-refractivity contribution < 1.29 is 9.72 Å². The van der Waals surface area contributed by atoms with Gasteiger partial charge in [-0.15, -0.1) is 0 Å². The third-order valence-corrected chi connectivity index (χ3v) is 4.10. The molecule has 2 N–H and O–H groups in total. The molecular formula is C15H21N3O3. The maximum absolute atomic E-state index is 12.7. The standard InChI is InChI=1S/C15H21N3O3/c1-2-17(11-7-4-3-5-8-11)15(19)12-9-6-10-13(16)14(12)18(20)21/h6,9-11H,2-5,7-8,16H2,1H3. The van der Waals surface area contributed by atoms with Gasteiger partial charge >= 0.3 is 5.69 Å². The summed E-state index contributed by atoms with van der Waals surface area (Å²) in [4.78, 5) is 25.1. The summed E-state index contributed by atoms with van der Waals surface area (Å²) < 4.78 is 0. The van der Waals surface area contributed by atoms with Crippen LogP contribution in [-0.4, -0.2) is 28.3 Å². The van der Waals surface area contributed by atoms with Crippen LogP contribution in [0.5, 0.6) is 0 Å². The molecule has 2 rings (SSSR count). The van der Waals surface area contributed by atoms with Crippen molar-refractivity contribution in [3.8, 4) is 0 Å². The van der Waals surface area contributed by atoms with Crippen molar-refractivity contribution in [2.24, 2.45) is 0 Å². The van der Waals surface area contributed by atoms with Crippen molar-refractivity contribution in [3.63, 3.8) is 0 Å². The van der Waals surface area contributed by atoms with E-state index in [-0.39, 0.29) is 28.9 Å². The van der Waals surface area contributed by atoms with Gasteiger partial charge in [-0.2, -0.15) is 0 Å². The molecular weight excluding hydrogens is 270 g/mol. The highest BCUT2D eigenvalue weighted by Crippen LogP contribution is 2.29. The minimum atomic E-state index is -0.572. The van der Waals surface area contributed by atoms with E-state index in [9.17, 15) is 14.9 Å². The van der Waals surface area contributed by atoms with E-state index in [2.05, 4.69) is 0 Å². The monoisotopic (exact) mass is 291 g/mol. The minimum absolute atomic E-state index is 0.0329. The number of amides is 1. The van der Waals surface area contributed by atoms with E-state index >= 15 is 0 Å². The van der Waals surface area contributed by atoms with Crippen molar-refractivity contribution in [2.45, 2.75) is 45.1 Å². The van der Waals surface area contributed by atoms with Crippen LogP contribution in [0.1, 0.15) is 49.4 Å². The van der Waals surface area contributed by atoms with Gasteiger partial charge in [0.1, 0.15) is 11.3 Å². The highest BCUT2D eigenvalue weighted by Gasteiger charge is 2.30. The van der Waals surface area contributed by atoms with Crippen molar-refractivity contribution in [2.75, 3.05) is 12.3 Å². The number of benzene rings is 1. The number of hydrogen-bond donors (Lipinski definition) is 1. The largest absolute Gasteiger partial charge is 0.393 e. The molecule has 1 aliphatic carbocycles. The first kappa shape index (κ1) is 15.3. The molecule has 21 heavy (non-hydrogen) atoms. The molecule has 1 saturated carbocycles. The van der Waals surface area contributed by atoms with Crippen LogP contribution in [0.25, 0.3) is 0 Å². The van der Waals surface area contributed by atoms with Crippen molar-refractivity contribution >= 4 is 17.3 Å². The zero-order valence-corrected chi connectivity index (χ0v) is 12.2. The molecule has 0 atom stereocenters. The van der Waals surface area contributed by atoms with Crippen molar-refractivity contribution in [3.05, 3.63) is 33.9 Å². The third kappa shape index (κ3) is 3.15. The number of nitrogens with zero attached hydrogens (tertiary/aromatic N) is 2. The Bertz CT molecular complexity index is 539. The zero-order chi connectivity index (χ0) is 15.4. The van der Waals surface area contributed by atoms with Gasteiger partial charge in [0.05, 0.1) is 4.92 Å². The molecule has 0 aromatic heterocycles. The fourth-order valence-electron chi connectivity index (χ4n) is 3.05. The molecule has 1 aromatic carbocycles. The fourth-order valence-corrected chi connectivity index (χ4v) is 3.05. The number of nitrogen functional groups attached to an aromatic ring is 1. The van der Waals surface area contributed by atoms with E-state index in [0.717, 1.165) is 25.7 Å². The van der Waals surface area contributed by atoms with Crippen LogP contribution in [-0.2, 0) is 0 Å². The SMILES string of the molecule is CCN(C(=O)c1cccc(N)c1[N+](=O)[O-])C1CCCCC1. The Balaban J connectivity index is 2.33. The number of carbonyl (C=O) groups excluding carboxylic acids is 1. The molecule has 0 spiro atoms. The lowest BCUT2D eigenvalue weighted by Gasteiger charge is -2.33. The second kappa shape index (κ2) is 6.56. The molecule has 1 aromatic rings. The molecule has 1 aliphatic rings. The van der Waals surface area contributed by atoms with Gasteiger partial charge in [0.25, 0.3) is 5.91 Å². The van der Waals surface area contributed by atoms with Gasteiger partial charge in [-0.1, -0.05) is 25.3 Å². The summed E-state index contributed by atoms with van der Waals surface area (Å²) in [5.74, 6) is -0.289. The molecule has 0 bridgehead atoms. The lowest BCUT2D eigenvalue weighted by molar-refractivity contribution is -0.384. The molecule has 6 heteroatoms. The summed E-state index contributed by atoms with van der Waals surface area (Å²) in [6, 6.07) is 4.70. The molecule has 1 fully saturated rings. The Morgan fingerprint density at radius 3 is 2.62 bits per heavy atom. The maximum Gasteiger partial charge on any atom is 0.304 e. The van der Waals surface area contributed by atoms with Gasteiger partial charge in [-0.3, -0.25) is 14.9 Å². The van der Waals surface area contributed by atoms with Crippen molar-refractivity contribution in [1.82, 2.24) is 4.90 Å². The molecule has 1 amide bonds. The van der Waals surface area contributed by atoms with Crippen LogP contribution in [0, 0.1) is 10.1 Å². The first-order valence-corrected chi connectivity index (χ1v) is 7.40. The minimum Gasteiger partial charge on any atom is -0.393 e. The molecule has 0 saturated heterocycles. The Morgan fingerprint density at radius 2 is 2.05 bits per heavy atom. The maximum atomic E-state index is 12.7. The number of anilines is 1. The Hall–Kier alpha value is -2.11. The highest BCUT2D eigenvalue weighted by molar-refractivity contribution is 6.00. The Kier molecular flexibility index (Phi) is 4.77. The normalized spacial score (nSPS) is 15.7. The average Bonchev–Trinajstić information content (AvgIpc) is 2.48. The van der Waals surface area contributed by atoms with Crippen LogP contribution < -0.4 is 5.73 Å². The number of carbonyl (C=O) groups is 1. The van der Waals surface area contributed by atoms with E-state index in [1.807, 2.05) is 6.92 Å². The molecule has 114 valence electrons. The lowest BCUT2D eigenvalue weighted by Crippen LogP contribution is -2.41. The fraction of sp³-hybridized carbons (Fsp3) is 0.533. The summed E-state index contributed by atoms with van der Waals surface area (Å²) >= 11 is 0. The van der Waals surface area contributed by atoms with Gasteiger partial charge in [0, 0.05) is 12.6 Å². The van der Waals surface area contributed by atoms with E-state index in [4.69, 9.17) is 5.73 Å². The first-order valence-electron chi connectivity index (χ1n) is 7.40. The van der Waals surface area contributed by atoms with E-state index in [0.29, 0.717) is 6.54 Å². The summed E-state index contributed by atoms with van der Waals surface area (Å²) in [6.45, 7) is 2.46. The summed E-state index contributed by atoms with van der Waals surface area (Å²) in [5.41, 5.74) is 5.51.